The summed E-state index contributed by atoms with van der Waals surface area (Å²) < 4.78 is 3.85. The quantitative estimate of drug-likeness (QED) is 0.454. The Balaban J connectivity index is 1.32. The van der Waals surface area contributed by atoms with E-state index in [2.05, 4.69) is 27.5 Å². The molecule has 6 heteroatoms. The third-order valence-corrected chi connectivity index (χ3v) is 5.23. The van der Waals surface area contributed by atoms with Gasteiger partial charge in [0.15, 0.2) is 5.82 Å². The Hall–Kier alpha value is -4.19. The van der Waals surface area contributed by atoms with Crippen LogP contribution in [0.25, 0.3) is 16.7 Å². The van der Waals surface area contributed by atoms with Crippen LogP contribution in [0.1, 0.15) is 21.5 Å². The molecule has 0 aliphatic heterocycles. The molecule has 5 aromatic rings. The second kappa shape index (κ2) is 7.91. The fourth-order valence-electron chi connectivity index (χ4n) is 3.61. The lowest BCUT2D eigenvalue weighted by atomic mass is 10.2. The third-order valence-electron chi connectivity index (χ3n) is 5.23. The number of anilines is 1. The molecule has 5 rings (SSSR count). The molecule has 0 atom stereocenters. The van der Waals surface area contributed by atoms with Gasteiger partial charge >= 0.3 is 0 Å². The van der Waals surface area contributed by atoms with Crippen LogP contribution in [0.5, 0.6) is 0 Å². The molecule has 2 aromatic heterocycles. The van der Waals surface area contributed by atoms with Crippen LogP contribution in [-0.4, -0.2) is 25.2 Å². The van der Waals surface area contributed by atoms with Crippen molar-refractivity contribution >= 4 is 22.8 Å². The van der Waals surface area contributed by atoms with Crippen molar-refractivity contribution in [3.63, 3.8) is 0 Å². The highest BCUT2D eigenvalue weighted by Gasteiger charge is 2.12. The van der Waals surface area contributed by atoms with Crippen molar-refractivity contribution in [2.75, 3.05) is 5.32 Å². The molecule has 0 bridgehead atoms. The SMILES string of the molecule is Cc1cn(Cc2ccccc2)nc1NC(=O)c1ccc(-n2cnc3ccccc32)cc1. The van der Waals surface area contributed by atoms with Gasteiger partial charge in [-0.2, -0.15) is 5.10 Å². The van der Waals surface area contributed by atoms with E-state index in [4.69, 9.17) is 0 Å². The summed E-state index contributed by atoms with van der Waals surface area (Å²) in [6.07, 6.45) is 3.73. The molecule has 0 aliphatic carbocycles. The van der Waals surface area contributed by atoms with Gasteiger partial charge in [0.2, 0.25) is 0 Å². The summed E-state index contributed by atoms with van der Waals surface area (Å²) >= 11 is 0. The number of para-hydroxylation sites is 2. The van der Waals surface area contributed by atoms with Gasteiger partial charge in [-0.3, -0.25) is 14.0 Å². The number of carbonyl (C=O) groups is 1. The van der Waals surface area contributed by atoms with Gasteiger partial charge in [-0.05, 0) is 48.9 Å². The van der Waals surface area contributed by atoms with Crippen LogP contribution < -0.4 is 5.32 Å². The molecule has 2 heterocycles. The second-order valence-electron chi connectivity index (χ2n) is 7.45. The zero-order valence-electron chi connectivity index (χ0n) is 17.1. The number of aryl methyl sites for hydroxylation is 1. The Morgan fingerprint density at radius 1 is 0.935 bits per heavy atom. The highest BCUT2D eigenvalue weighted by molar-refractivity contribution is 6.04. The minimum atomic E-state index is -0.185. The smallest absolute Gasteiger partial charge is 0.256 e. The van der Waals surface area contributed by atoms with Crippen LogP contribution in [0, 0.1) is 6.92 Å². The first-order valence-corrected chi connectivity index (χ1v) is 10.1. The number of nitrogens with one attached hydrogen (secondary N) is 1. The Morgan fingerprint density at radius 2 is 1.68 bits per heavy atom. The number of hydrogen-bond donors (Lipinski definition) is 1. The first-order chi connectivity index (χ1) is 15.2. The Labute approximate surface area is 179 Å². The van der Waals surface area contributed by atoms with Gasteiger partial charge in [0, 0.05) is 23.0 Å². The standard InChI is InChI=1S/C25H21N5O/c1-18-15-29(16-19-7-3-2-4-8-19)28-24(18)27-25(31)20-11-13-21(14-12-20)30-17-26-22-9-5-6-10-23(22)30/h2-15,17H,16H2,1H3,(H,27,28,31). The molecule has 0 radical (unpaired) electrons. The molecule has 6 nitrogen and oxygen atoms in total. The number of benzene rings is 3. The van der Waals surface area contributed by atoms with Crippen LogP contribution in [0.4, 0.5) is 5.82 Å². The molecule has 0 fully saturated rings. The number of rotatable bonds is 5. The summed E-state index contributed by atoms with van der Waals surface area (Å²) in [5.74, 6) is 0.390. The summed E-state index contributed by atoms with van der Waals surface area (Å²) in [7, 11) is 0. The number of aromatic nitrogens is 4. The lowest BCUT2D eigenvalue weighted by molar-refractivity contribution is 0.102. The fraction of sp³-hybridized carbons (Fsp3) is 0.0800. The Kier molecular flexibility index (Phi) is 4.80. The first kappa shape index (κ1) is 18.8. The van der Waals surface area contributed by atoms with Crippen molar-refractivity contribution in [1.29, 1.82) is 0 Å². The average Bonchev–Trinajstić information content (AvgIpc) is 3.38. The molecule has 0 saturated heterocycles. The predicted molar refractivity (Wildman–Crippen MR) is 122 cm³/mol. The predicted octanol–water partition coefficient (Wildman–Crippen LogP) is 4.83. The lowest BCUT2D eigenvalue weighted by Gasteiger charge is -2.07. The molecule has 0 unspecified atom stereocenters. The maximum Gasteiger partial charge on any atom is 0.256 e. The summed E-state index contributed by atoms with van der Waals surface area (Å²) in [5, 5.41) is 7.46. The average molecular weight is 407 g/mol. The molecule has 31 heavy (non-hydrogen) atoms. The van der Waals surface area contributed by atoms with Gasteiger partial charge in [0.05, 0.1) is 17.6 Å². The van der Waals surface area contributed by atoms with E-state index in [-0.39, 0.29) is 5.91 Å². The van der Waals surface area contributed by atoms with Crippen LogP contribution in [0.2, 0.25) is 0 Å². The topological polar surface area (TPSA) is 64.7 Å². The normalized spacial score (nSPS) is 11.0. The molecule has 152 valence electrons. The van der Waals surface area contributed by atoms with Crippen LogP contribution >= 0.6 is 0 Å². The zero-order valence-corrected chi connectivity index (χ0v) is 17.1. The molecule has 0 aliphatic rings. The van der Waals surface area contributed by atoms with E-state index in [0.717, 1.165) is 27.8 Å². The fourth-order valence-corrected chi connectivity index (χ4v) is 3.61. The summed E-state index contributed by atoms with van der Waals surface area (Å²) in [6, 6.07) is 25.5. The van der Waals surface area contributed by atoms with Crippen LogP contribution in [-0.2, 0) is 6.54 Å². The van der Waals surface area contributed by atoms with Gasteiger partial charge in [0.25, 0.3) is 5.91 Å². The van der Waals surface area contributed by atoms with Crippen molar-refractivity contribution in [1.82, 2.24) is 19.3 Å². The largest absolute Gasteiger partial charge is 0.305 e. The molecule has 3 aromatic carbocycles. The van der Waals surface area contributed by atoms with E-state index in [1.807, 2.05) is 89.1 Å². The molecule has 1 amide bonds. The van der Waals surface area contributed by atoms with E-state index in [9.17, 15) is 4.79 Å². The highest BCUT2D eigenvalue weighted by Crippen LogP contribution is 2.19. The van der Waals surface area contributed by atoms with Crippen molar-refractivity contribution in [2.45, 2.75) is 13.5 Å². The number of amides is 1. The molecule has 1 N–H and O–H groups in total. The van der Waals surface area contributed by atoms with Crippen molar-refractivity contribution < 1.29 is 4.79 Å². The lowest BCUT2D eigenvalue weighted by Crippen LogP contribution is -2.13. The molecular formula is C25H21N5O. The number of hydrogen-bond acceptors (Lipinski definition) is 3. The van der Waals surface area contributed by atoms with Crippen molar-refractivity contribution in [2.24, 2.45) is 0 Å². The number of imidazole rings is 1. The van der Waals surface area contributed by atoms with E-state index >= 15 is 0 Å². The molecule has 0 spiro atoms. The van der Waals surface area contributed by atoms with E-state index in [1.165, 1.54) is 0 Å². The monoisotopic (exact) mass is 407 g/mol. The van der Waals surface area contributed by atoms with Crippen molar-refractivity contribution in [3.05, 3.63) is 108 Å². The summed E-state index contributed by atoms with van der Waals surface area (Å²) in [6.45, 7) is 2.60. The Bertz CT molecular complexity index is 1350. The third kappa shape index (κ3) is 3.83. The highest BCUT2D eigenvalue weighted by atomic mass is 16.1. The maximum absolute atomic E-state index is 12.8. The first-order valence-electron chi connectivity index (χ1n) is 10.1. The van der Waals surface area contributed by atoms with Gasteiger partial charge in [0.1, 0.15) is 6.33 Å². The van der Waals surface area contributed by atoms with Gasteiger partial charge in [-0.15, -0.1) is 0 Å². The second-order valence-corrected chi connectivity index (χ2v) is 7.45. The number of carbonyl (C=O) groups excluding carboxylic acids is 1. The number of nitrogens with zero attached hydrogens (tertiary/aromatic N) is 4. The van der Waals surface area contributed by atoms with E-state index in [0.29, 0.717) is 17.9 Å². The van der Waals surface area contributed by atoms with E-state index < -0.39 is 0 Å². The Morgan fingerprint density at radius 3 is 2.48 bits per heavy atom. The van der Waals surface area contributed by atoms with Crippen LogP contribution in [0.3, 0.4) is 0 Å². The van der Waals surface area contributed by atoms with Gasteiger partial charge in [-0.25, -0.2) is 4.98 Å². The van der Waals surface area contributed by atoms with Crippen LogP contribution in [0.15, 0.2) is 91.4 Å². The summed E-state index contributed by atoms with van der Waals surface area (Å²) in [5.41, 5.74) is 5.57. The number of fused-ring (bicyclic) bond motifs is 1. The van der Waals surface area contributed by atoms with E-state index in [1.54, 1.807) is 6.33 Å². The molecule has 0 saturated carbocycles. The maximum atomic E-state index is 12.8. The zero-order chi connectivity index (χ0) is 21.2. The minimum absolute atomic E-state index is 0.185. The van der Waals surface area contributed by atoms with Gasteiger partial charge in [-0.1, -0.05) is 42.5 Å². The van der Waals surface area contributed by atoms with Crippen molar-refractivity contribution in [3.8, 4) is 5.69 Å². The minimum Gasteiger partial charge on any atom is -0.305 e. The van der Waals surface area contributed by atoms with Gasteiger partial charge < -0.3 is 5.32 Å². The summed E-state index contributed by atoms with van der Waals surface area (Å²) in [4.78, 5) is 17.2. The molecular weight excluding hydrogens is 386 g/mol.